The zero-order valence-electron chi connectivity index (χ0n) is 13.9. The Balaban J connectivity index is 1.74. The lowest BCUT2D eigenvalue weighted by molar-refractivity contribution is -0.133. The van der Waals surface area contributed by atoms with E-state index in [-0.39, 0.29) is 6.61 Å². The van der Waals surface area contributed by atoms with Crippen LogP contribution in [0.1, 0.15) is 12.5 Å². The predicted molar refractivity (Wildman–Crippen MR) is 97.2 cm³/mol. The van der Waals surface area contributed by atoms with Crippen LogP contribution in [0.5, 0.6) is 11.5 Å². The minimum Gasteiger partial charge on any atom is -0.483 e. The summed E-state index contributed by atoms with van der Waals surface area (Å²) in [4.78, 5) is 23.7. The van der Waals surface area contributed by atoms with Crippen molar-refractivity contribution in [3.63, 3.8) is 0 Å². The molecule has 0 aliphatic rings. The van der Waals surface area contributed by atoms with Gasteiger partial charge in [0.2, 0.25) is 0 Å². The number of amides is 2. The number of hydrazine groups is 1. The second kappa shape index (κ2) is 9.08. The number of carbonyl (C=O) groups is 2. The van der Waals surface area contributed by atoms with Crippen LogP contribution in [-0.2, 0) is 9.59 Å². The maximum Gasteiger partial charge on any atom is 0.279 e. The molecule has 0 heterocycles. The SMILES string of the molecule is Cc1ccccc1OCC(=O)NNC(=O)[C@@H](C)Oc1ccc(Br)cc1. The summed E-state index contributed by atoms with van der Waals surface area (Å²) in [6, 6.07) is 14.5. The highest BCUT2D eigenvalue weighted by Gasteiger charge is 2.15. The molecule has 1 atom stereocenters. The van der Waals surface area contributed by atoms with Gasteiger partial charge in [0.25, 0.3) is 11.8 Å². The van der Waals surface area contributed by atoms with Gasteiger partial charge in [-0.2, -0.15) is 0 Å². The Hall–Kier alpha value is -2.54. The van der Waals surface area contributed by atoms with Gasteiger partial charge in [0, 0.05) is 4.47 Å². The van der Waals surface area contributed by atoms with E-state index in [1.54, 1.807) is 25.1 Å². The Morgan fingerprint density at radius 3 is 2.44 bits per heavy atom. The van der Waals surface area contributed by atoms with Crippen molar-refractivity contribution in [2.24, 2.45) is 0 Å². The van der Waals surface area contributed by atoms with Crippen molar-refractivity contribution < 1.29 is 19.1 Å². The highest BCUT2D eigenvalue weighted by atomic mass is 79.9. The van der Waals surface area contributed by atoms with Crippen molar-refractivity contribution in [3.05, 3.63) is 58.6 Å². The second-order valence-electron chi connectivity index (χ2n) is 5.31. The molecule has 0 bridgehead atoms. The smallest absolute Gasteiger partial charge is 0.279 e. The van der Waals surface area contributed by atoms with Crippen LogP contribution in [-0.4, -0.2) is 24.5 Å². The van der Waals surface area contributed by atoms with Crippen LogP contribution >= 0.6 is 15.9 Å². The quantitative estimate of drug-likeness (QED) is 0.723. The van der Waals surface area contributed by atoms with Crippen molar-refractivity contribution in [2.45, 2.75) is 20.0 Å². The van der Waals surface area contributed by atoms with Gasteiger partial charge in [0.1, 0.15) is 11.5 Å². The van der Waals surface area contributed by atoms with Gasteiger partial charge in [-0.25, -0.2) is 0 Å². The molecule has 0 saturated heterocycles. The highest BCUT2D eigenvalue weighted by molar-refractivity contribution is 9.10. The zero-order valence-corrected chi connectivity index (χ0v) is 15.5. The number of rotatable bonds is 6. The maximum absolute atomic E-state index is 11.9. The molecular formula is C18H19BrN2O4. The lowest BCUT2D eigenvalue weighted by Crippen LogP contribution is -2.48. The van der Waals surface area contributed by atoms with Crippen molar-refractivity contribution in [1.82, 2.24) is 10.9 Å². The molecule has 132 valence electrons. The summed E-state index contributed by atoms with van der Waals surface area (Å²) in [5, 5.41) is 0. The third-order valence-corrected chi connectivity index (χ3v) is 3.80. The predicted octanol–water partition coefficient (Wildman–Crippen LogP) is 2.75. The molecule has 0 fully saturated rings. The monoisotopic (exact) mass is 406 g/mol. The molecule has 2 aromatic carbocycles. The van der Waals surface area contributed by atoms with E-state index in [1.165, 1.54) is 0 Å². The fraction of sp³-hybridized carbons (Fsp3) is 0.222. The maximum atomic E-state index is 11.9. The largest absolute Gasteiger partial charge is 0.483 e. The third kappa shape index (κ3) is 6.11. The number of benzene rings is 2. The first-order chi connectivity index (χ1) is 12.0. The van der Waals surface area contributed by atoms with E-state index in [0.29, 0.717) is 11.5 Å². The summed E-state index contributed by atoms with van der Waals surface area (Å²) in [5.74, 6) is 0.246. The topological polar surface area (TPSA) is 76.7 Å². The van der Waals surface area contributed by atoms with Crippen molar-refractivity contribution in [3.8, 4) is 11.5 Å². The molecule has 6 nitrogen and oxygen atoms in total. The Kier molecular flexibility index (Phi) is 6.82. The van der Waals surface area contributed by atoms with Crippen molar-refractivity contribution in [2.75, 3.05) is 6.61 Å². The average Bonchev–Trinajstić information content (AvgIpc) is 2.60. The first kappa shape index (κ1) is 18.8. The molecular weight excluding hydrogens is 388 g/mol. The van der Waals surface area contributed by atoms with Crippen LogP contribution in [0.25, 0.3) is 0 Å². The molecule has 0 saturated carbocycles. The van der Waals surface area contributed by atoms with Crippen LogP contribution in [0, 0.1) is 6.92 Å². The second-order valence-corrected chi connectivity index (χ2v) is 6.22. The molecule has 2 aromatic rings. The minimum absolute atomic E-state index is 0.201. The van der Waals surface area contributed by atoms with Gasteiger partial charge in [-0.3, -0.25) is 20.4 Å². The summed E-state index contributed by atoms with van der Waals surface area (Å²) in [6.07, 6.45) is -0.765. The third-order valence-electron chi connectivity index (χ3n) is 3.27. The van der Waals surface area contributed by atoms with Gasteiger partial charge in [-0.1, -0.05) is 34.1 Å². The van der Waals surface area contributed by atoms with Crippen LogP contribution in [0.4, 0.5) is 0 Å². The molecule has 0 spiro atoms. The normalized spacial score (nSPS) is 11.3. The van der Waals surface area contributed by atoms with Gasteiger partial charge >= 0.3 is 0 Å². The first-order valence-corrected chi connectivity index (χ1v) is 8.44. The molecule has 2 amide bonds. The van der Waals surface area contributed by atoms with E-state index in [9.17, 15) is 9.59 Å². The van der Waals surface area contributed by atoms with Crippen LogP contribution in [0.15, 0.2) is 53.0 Å². The van der Waals surface area contributed by atoms with Gasteiger partial charge in [0.05, 0.1) is 0 Å². The van der Waals surface area contributed by atoms with Crippen molar-refractivity contribution in [1.29, 1.82) is 0 Å². The van der Waals surface area contributed by atoms with E-state index in [4.69, 9.17) is 9.47 Å². The van der Waals surface area contributed by atoms with Gasteiger partial charge in [-0.15, -0.1) is 0 Å². The number of carbonyl (C=O) groups excluding carboxylic acids is 2. The molecule has 0 aliphatic heterocycles. The highest BCUT2D eigenvalue weighted by Crippen LogP contribution is 2.17. The number of hydrogen-bond acceptors (Lipinski definition) is 4. The summed E-state index contributed by atoms with van der Waals surface area (Å²) in [6.45, 7) is 3.27. The Labute approximate surface area is 154 Å². The van der Waals surface area contributed by atoms with Gasteiger partial charge in [0.15, 0.2) is 12.7 Å². The van der Waals surface area contributed by atoms with E-state index >= 15 is 0 Å². The standard InChI is InChI=1S/C18H19BrN2O4/c1-12-5-3-4-6-16(12)24-11-17(22)20-21-18(23)13(2)25-15-9-7-14(19)8-10-15/h3-10,13H,11H2,1-2H3,(H,20,22)(H,21,23)/t13-/m1/s1. The summed E-state index contributed by atoms with van der Waals surface area (Å²) < 4.78 is 11.8. The molecule has 2 N–H and O–H groups in total. The lowest BCUT2D eigenvalue weighted by atomic mass is 10.2. The first-order valence-electron chi connectivity index (χ1n) is 7.65. The van der Waals surface area contributed by atoms with Crippen molar-refractivity contribution >= 4 is 27.7 Å². The van der Waals surface area contributed by atoms with Gasteiger partial charge in [-0.05, 0) is 49.7 Å². The van der Waals surface area contributed by atoms with Gasteiger partial charge < -0.3 is 9.47 Å². The van der Waals surface area contributed by atoms with E-state index < -0.39 is 17.9 Å². The number of halogens is 1. The van der Waals surface area contributed by atoms with E-state index in [2.05, 4.69) is 26.8 Å². The van der Waals surface area contributed by atoms with Crippen LogP contribution < -0.4 is 20.3 Å². The number of para-hydroxylation sites is 1. The number of aryl methyl sites for hydroxylation is 1. The number of hydrogen-bond donors (Lipinski definition) is 2. The lowest BCUT2D eigenvalue weighted by Gasteiger charge is -2.15. The van der Waals surface area contributed by atoms with E-state index in [0.717, 1.165) is 10.0 Å². The summed E-state index contributed by atoms with van der Waals surface area (Å²) >= 11 is 3.32. The Morgan fingerprint density at radius 1 is 1.08 bits per heavy atom. The average molecular weight is 407 g/mol. The minimum atomic E-state index is -0.765. The van der Waals surface area contributed by atoms with Crippen LogP contribution in [0.3, 0.4) is 0 Å². The molecule has 25 heavy (non-hydrogen) atoms. The molecule has 0 unspecified atom stereocenters. The molecule has 2 rings (SSSR count). The number of nitrogens with one attached hydrogen (secondary N) is 2. The molecule has 0 radical (unpaired) electrons. The molecule has 0 aliphatic carbocycles. The fourth-order valence-electron chi connectivity index (χ4n) is 1.90. The van der Waals surface area contributed by atoms with E-state index in [1.807, 2.05) is 37.3 Å². The summed E-state index contributed by atoms with van der Waals surface area (Å²) in [7, 11) is 0. The molecule has 0 aromatic heterocycles. The fourth-order valence-corrected chi connectivity index (χ4v) is 2.17. The summed E-state index contributed by atoms with van der Waals surface area (Å²) in [5.41, 5.74) is 5.54. The Bertz CT molecular complexity index is 734. The van der Waals surface area contributed by atoms with Crippen LogP contribution in [0.2, 0.25) is 0 Å². The number of ether oxygens (including phenoxy) is 2. The molecule has 7 heteroatoms. The zero-order chi connectivity index (χ0) is 18.2. The Morgan fingerprint density at radius 2 is 1.76 bits per heavy atom.